The Morgan fingerprint density at radius 1 is 0.764 bits per heavy atom. The van der Waals surface area contributed by atoms with E-state index < -0.39 is 29.9 Å². The van der Waals surface area contributed by atoms with Crippen LogP contribution >= 0.6 is 0 Å². The first-order valence-corrected chi connectivity index (χ1v) is 24.6. The van der Waals surface area contributed by atoms with E-state index in [-0.39, 0.29) is 47.0 Å². The lowest BCUT2D eigenvalue weighted by Crippen LogP contribution is -2.44. The van der Waals surface area contributed by atoms with Gasteiger partial charge in [-0.2, -0.15) is 13.2 Å². The number of hydrogen-bond donors (Lipinski definition) is 4. The first kappa shape index (κ1) is 54.6. The van der Waals surface area contributed by atoms with Gasteiger partial charge in [0.15, 0.2) is 0 Å². The van der Waals surface area contributed by atoms with Gasteiger partial charge in [0.2, 0.25) is 5.91 Å². The Kier molecular flexibility index (Phi) is 20.6. The Balaban J connectivity index is 0.701. The number of aryl methyl sites for hydroxylation is 1. The SMILES string of the molecule is Cc1ccc(C(=O)Nc2ccc(CN3CCN(C)CC3)c(C(F)(F)F)c2)cc1C#Cc1cnc2cc(OCCOCCOCCOCCOCCOCCOCCNC(=O)[C@@H]3C[C@H]4C[C@@H]3[C@H](O)[C@@H]4O)ccn12. The van der Waals surface area contributed by atoms with E-state index in [1.807, 2.05) is 23.3 Å². The third kappa shape index (κ3) is 15.9. The van der Waals surface area contributed by atoms with Crippen LogP contribution in [0.15, 0.2) is 60.9 Å². The number of piperazine rings is 1. The predicted molar refractivity (Wildman–Crippen MR) is 260 cm³/mol. The van der Waals surface area contributed by atoms with Crippen molar-refractivity contribution in [3.63, 3.8) is 0 Å². The average molecular weight is 1010 g/mol. The number of pyridine rings is 1. The van der Waals surface area contributed by atoms with Crippen molar-refractivity contribution in [2.75, 3.05) is 131 Å². The fourth-order valence-corrected chi connectivity index (χ4v) is 9.08. The highest BCUT2D eigenvalue weighted by atomic mass is 19.4. The molecule has 2 aromatic carbocycles. The summed E-state index contributed by atoms with van der Waals surface area (Å²) < 4.78 is 83.4. The molecule has 5 atom stereocenters. The molecule has 4 N–H and O–H groups in total. The summed E-state index contributed by atoms with van der Waals surface area (Å²) in [6, 6.07) is 12.5. The minimum atomic E-state index is -4.58. The van der Waals surface area contributed by atoms with Crippen LogP contribution in [0.5, 0.6) is 5.75 Å². The number of anilines is 1. The monoisotopic (exact) mass is 1010 g/mol. The molecule has 2 aromatic heterocycles. The number of rotatable bonds is 27. The summed E-state index contributed by atoms with van der Waals surface area (Å²) in [5.74, 6) is 5.85. The van der Waals surface area contributed by atoms with E-state index in [1.165, 1.54) is 12.1 Å². The van der Waals surface area contributed by atoms with Crippen LogP contribution < -0.4 is 15.4 Å². The van der Waals surface area contributed by atoms with Crippen molar-refractivity contribution in [2.45, 2.75) is 44.7 Å². The molecule has 2 aliphatic carbocycles. The molecule has 3 aliphatic rings. The highest BCUT2D eigenvalue weighted by Gasteiger charge is 2.53. The standard InChI is InChI=1S/C52H67F3N6O11/c1-36-3-4-38(50(64)58-41-7-5-39(46(32-41)52(53,54)55)35-60-14-12-59(2)13-15-60)29-37(36)6-8-42-34-57-47-33-43(9-11-61(42)47)72-28-27-71-26-25-70-24-23-69-22-21-68-20-19-67-18-17-66-16-10-56-51(65)45-31-40-30-44(45)49(63)48(40)62/h3-5,7,9,11,29,32-34,40,44-45,48-49,62-63H,10,12-28,30-31,35H2,1-2H3,(H,56,65)(H,58,64)/t40-,44+,45-,48-,49+/m1/s1. The Labute approximate surface area is 418 Å². The van der Waals surface area contributed by atoms with Crippen LogP contribution in [0.3, 0.4) is 0 Å². The molecule has 1 saturated heterocycles. The minimum absolute atomic E-state index is 0.0141. The van der Waals surface area contributed by atoms with Crippen LogP contribution in [0.1, 0.15) is 51.1 Å². The largest absolute Gasteiger partial charge is 0.491 e. The van der Waals surface area contributed by atoms with Gasteiger partial charge < -0.3 is 58.9 Å². The molecule has 3 heterocycles. The molecule has 392 valence electrons. The Hall–Kier alpha value is -5.18. The van der Waals surface area contributed by atoms with Crippen molar-refractivity contribution >= 4 is 23.1 Å². The smallest absolute Gasteiger partial charge is 0.416 e. The second-order valence-corrected chi connectivity index (χ2v) is 18.2. The molecule has 7 rings (SSSR count). The zero-order chi connectivity index (χ0) is 50.9. The number of aliphatic hydroxyl groups is 2. The number of amides is 2. The Morgan fingerprint density at radius 2 is 1.40 bits per heavy atom. The summed E-state index contributed by atoms with van der Waals surface area (Å²) >= 11 is 0. The molecule has 2 amide bonds. The summed E-state index contributed by atoms with van der Waals surface area (Å²) in [6.45, 7) is 10.6. The van der Waals surface area contributed by atoms with Crippen molar-refractivity contribution in [2.24, 2.45) is 17.8 Å². The topological polar surface area (TPSA) is 187 Å². The number of nitrogens with one attached hydrogen (secondary N) is 2. The average Bonchev–Trinajstić information content (AvgIpc) is 4.07. The first-order chi connectivity index (χ1) is 34.8. The number of halogens is 3. The van der Waals surface area contributed by atoms with Gasteiger partial charge in [-0.25, -0.2) is 4.98 Å². The van der Waals surface area contributed by atoms with Gasteiger partial charge in [-0.3, -0.25) is 18.9 Å². The fourth-order valence-electron chi connectivity index (χ4n) is 9.08. The zero-order valence-corrected chi connectivity index (χ0v) is 41.0. The number of imidazole rings is 1. The Bertz CT molecular complexity index is 2440. The van der Waals surface area contributed by atoms with Crippen molar-refractivity contribution in [3.8, 4) is 17.6 Å². The summed E-state index contributed by atoms with van der Waals surface area (Å²) in [5.41, 5.74) is 2.38. The van der Waals surface area contributed by atoms with Gasteiger partial charge in [-0.1, -0.05) is 18.1 Å². The molecular weight excluding hydrogens is 942 g/mol. The summed E-state index contributed by atoms with van der Waals surface area (Å²) in [7, 11) is 1.99. The minimum Gasteiger partial charge on any atom is -0.491 e. The molecule has 20 heteroatoms. The van der Waals surface area contributed by atoms with Gasteiger partial charge in [0.05, 0.1) is 103 Å². The quantitative estimate of drug-likeness (QED) is 0.0496. The van der Waals surface area contributed by atoms with Gasteiger partial charge >= 0.3 is 6.18 Å². The number of aromatic nitrogens is 2. The molecule has 3 fully saturated rings. The van der Waals surface area contributed by atoms with E-state index in [4.69, 9.17) is 33.2 Å². The van der Waals surface area contributed by atoms with Crippen molar-refractivity contribution in [3.05, 3.63) is 94.4 Å². The van der Waals surface area contributed by atoms with E-state index in [2.05, 4.69) is 32.4 Å². The molecule has 0 spiro atoms. The molecule has 72 heavy (non-hydrogen) atoms. The highest BCUT2D eigenvalue weighted by Crippen LogP contribution is 2.48. The lowest BCUT2D eigenvalue weighted by Gasteiger charge is -2.33. The fraction of sp³-hybridized carbons (Fsp3) is 0.558. The number of alkyl halides is 3. The number of carbonyl (C=O) groups is 2. The molecule has 0 unspecified atom stereocenters. The molecule has 17 nitrogen and oxygen atoms in total. The second-order valence-electron chi connectivity index (χ2n) is 18.2. The van der Waals surface area contributed by atoms with E-state index in [9.17, 15) is 33.0 Å². The molecule has 0 radical (unpaired) electrons. The number of ether oxygens (including phenoxy) is 7. The molecular formula is C52H67F3N6O11. The molecule has 1 aliphatic heterocycles. The lowest BCUT2D eigenvalue weighted by molar-refractivity contribution is -0.138. The van der Waals surface area contributed by atoms with E-state index >= 15 is 0 Å². The number of carbonyl (C=O) groups excluding carboxylic acids is 2. The number of nitrogens with zero attached hydrogens (tertiary/aromatic N) is 4. The van der Waals surface area contributed by atoms with Crippen LogP contribution in [0, 0.1) is 36.5 Å². The number of benzene rings is 2. The van der Waals surface area contributed by atoms with Gasteiger partial charge in [0.25, 0.3) is 5.91 Å². The first-order valence-electron chi connectivity index (χ1n) is 24.6. The van der Waals surface area contributed by atoms with Crippen LogP contribution in [-0.4, -0.2) is 179 Å². The van der Waals surface area contributed by atoms with Crippen molar-refractivity contribution < 1.29 is 66.1 Å². The second kappa shape index (κ2) is 27.2. The third-order valence-corrected chi connectivity index (χ3v) is 13.1. The van der Waals surface area contributed by atoms with Gasteiger partial charge in [-0.05, 0) is 86.0 Å². The van der Waals surface area contributed by atoms with Crippen molar-refractivity contribution in [1.82, 2.24) is 24.5 Å². The zero-order valence-electron chi connectivity index (χ0n) is 41.0. The van der Waals surface area contributed by atoms with Gasteiger partial charge in [0.1, 0.15) is 23.7 Å². The number of hydrogen-bond acceptors (Lipinski definition) is 14. The predicted octanol–water partition coefficient (Wildman–Crippen LogP) is 4.03. The normalized spacial score (nSPS) is 20.2. The molecule has 2 bridgehead atoms. The Morgan fingerprint density at radius 3 is 2.03 bits per heavy atom. The lowest BCUT2D eigenvalue weighted by atomic mass is 9.84. The van der Waals surface area contributed by atoms with Crippen LogP contribution in [0.4, 0.5) is 18.9 Å². The van der Waals surface area contributed by atoms with E-state index in [1.54, 1.807) is 42.7 Å². The molecule has 2 saturated carbocycles. The third-order valence-electron chi connectivity index (χ3n) is 13.1. The van der Waals surface area contributed by atoms with Gasteiger partial charge in [-0.15, -0.1) is 0 Å². The maximum absolute atomic E-state index is 14.2. The van der Waals surface area contributed by atoms with Crippen LogP contribution in [-0.2, 0) is 45.9 Å². The summed E-state index contributed by atoms with van der Waals surface area (Å²) in [4.78, 5) is 34.3. The maximum Gasteiger partial charge on any atom is 0.416 e. The number of fused-ring (bicyclic) bond motifs is 3. The summed E-state index contributed by atoms with van der Waals surface area (Å²) in [5, 5.41) is 25.5. The van der Waals surface area contributed by atoms with Crippen molar-refractivity contribution in [1.29, 1.82) is 0 Å². The van der Waals surface area contributed by atoms with Gasteiger partial charge in [0, 0.05) is 74.3 Å². The molecule has 4 aromatic rings. The maximum atomic E-state index is 14.2. The number of likely N-dealkylation sites (N-methyl/N-ethyl adjacent to an activating group) is 1. The number of aliphatic hydroxyl groups excluding tert-OH is 2. The summed E-state index contributed by atoms with van der Waals surface area (Å²) in [6.07, 6.45) is -1.32. The van der Waals surface area contributed by atoms with E-state index in [0.29, 0.717) is 141 Å². The van der Waals surface area contributed by atoms with Crippen LogP contribution in [0.25, 0.3) is 5.65 Å². The highest BCUT2D eigenvalue weighted by molar-refractivity contribution is 6.04. The van der Waals surface area contributed by atoms with E-state index in [0.717, 1.165) is 24.7 Å². The van der Waals surface area contributed by atoms with Crippen LogP contribution in [0.2, 0.25) is 0 Å².